The van der Waals surface area contributed by atoms with Gasteiger partial charge in [-0.15, -0.1) is 0 Å². The number of hydrogen-bond donors (Lipinski definition) is 1. The molecule has 17 heavy (non-hydrogen) atoms. The molecule has 1 heterocycles. The standard InChI is InChI=1S/C14H15NO2/c1-11-13(9-16)15-8-7-14(11)17-10-12-5-3-2-4-6-12/h2-8,16H,9-10H2,1H3. The van der Waals surface area contributed by atoms with Crippen LogP contribution in [0, 0.1) is 6.92 Å². The molecule has 0 saturated heterocycles. The number of hydrogen-bond acceptors (Lipinski definition) is 3. The summed E-state index contributed by atoms with van der Waals surface area (Å²) in [5.74, 6) is 0.771. The Balaban J connectivity index is 2.09. The SMILES string of the molecule is Cc1c(OCc2ccccc2)ccnc1CO. The Morgan fingerprint density at radius 3 is 2.65 bits per heavy atom. The average molecular weight is 229 g/mol. The number of nitrogens with zero attached hydrogens (tertiary/aromatic N) is 1. The number of rotatable bonds is 4. The van der Waals surface area contributed by atoms with Gasteiger partial charge in [0.05, 0.1) is 12.3 Å². The van der Waals surface area contributed by atoms with Gasteiger partial charge in [0, 0.05) is 11.8 Å². The zero-order chi connectivity index (χ0) is 12.1. The van der Waals surface area contributed by atoms with Crippen LogP contribution in [0.5, 0.6) is 5.75 Å². The van der Waals surface area contributed by atoms with Crippen molar-refractivity contribution in [1.82, 2.24) is 4.98 Å². The van der Waals surface area contributed by atoms with Crippen molar-refractivity contribution in [2.75, 3.05) is 0 Å². The summed E-state index contributed by atoms with van der Waals surface area (Å²) in [5, 5.41) is 9.11. The summed E-state index contributed by atoms with van der Waals surface area (Å²) in [6.45, 7) is 2.36. The monoisotopic (exact) mass is 229 g/mol. The first-order chi connectivity index (χ1) is 8.31. The average Bonchev–Trinajstić information content (AvgIpc) is 2.39. The van der Waals surface area contributed by atoms with Gasteiger partial charge in [0.15, 0.2) is 0 Å². The summed E-state index contributed by atoms with van der Waals surface area (Å²) < 4.78 is 5.71. The maximum absolute atomic E-state index is 9.11. The fourth-order valence-corrected chi connectivity index (χ4v) is 1.61. The van der Waals surface area contributed by atoms with Crippen molar-refractivity contribution >= 4 is 0 Å². The van der Waals surface area contributed by atoms with Crippen molar-refractivity contribution < 1.29 is 9.84 Å². The zero-order valence-corrected chi connectivity index (χ0v) is 9.76. The van der Waals surface area contributed by atoms with Crippen LogP contribution < -0.4 is 4.74 Å². The second-order valence-electron chi connectivity index (χ2n) is 3.81. The van der Waals surface area contributed by atoms with E-state index in [2.05, 4.69) is 4.98 Å². The van der Waals surface area contributed by atoms with Crippen LogP contribution in [-0.4, -0.2) is 10.1 Å². The van der Waals surface area contributed by atoms with E-state index < -0.39 is 0 Å². The normalized spacial score (nSPS) is 10.2. The van der Waals surface area contributed by atoms with E-state index in [0.29, 0.717) is 12.3 Å². The minimum absolute atomic E-state index is 0.0611. The lowest BCUT2D eigenvalue weighted by molar-refractivity contribution is 0.271. The first kappa shape index (κ1) is 11.6. The molecule has 0 fully saturated rings. The van der Waals surface area contributed by atoms with Crippen molar-refractivity contribution in [3.63, 3.8) is 0 Å². The highest BCUT2D eigenvalue weighted by atomic mass is 16.5. The van der Waals surface area contributed by atoms with Crippen LogP contribution in [0.15, 0.2) is 42.6 Å². The van der Waals surface area contributed by atoms with Crippen LogP contribution in [0.4, 0.5) is 0 Å². The largest absolute Gasteiger partial charge is 0.489 e. The molecule has 2 aromatic rings. The topological polar surface area (TPSA) is 42.4 Å². The first-order valence-electron chi connectivity index (χ1n) is 5.53. The van der Waals surface area contributed by atoms with E-state index in [1.54, 1.807) is 6.20 Å². The number of aromatic nitrogens is 1. The molecule has 3 heteroatoms. The fraction of sp³-hybridized carbons (Fsp3) is 0.214. The van der Waals surface area contributed by atoms with E-state index in [-0.39, 0.29) is 6.61 Å². The van der Waals surface area contributed by atoms with Crippen molar-refractivity contribution in [1.29, 1.82) is 0 Å². The fourth-order valence-electron chi connectivity index (χ4n) is 1.61. The molecule has 3 nitrogen and oxygen atoms in total. The minimum atomic E-state index is -0.0611. The van der Waals surface area contributed by atoms with Crippen LogP contribution in [-0.2, 0) is 13.2 Å². The number of aliphatic hydroxyl groups is 1. The van der Waals surface area contributed by atoms with Crippen LogP contribution in [0.1, 0.15) is 16.8 Å². The Morgan fingerprint density at radius 2 is 1.94 bits per heavy atom. The van der Waals surface area contributed by atoms with E-state index in [4.69, 9.17) is 9.84 Å². The lowest BCUT2D eigenvalue weighted by Gasteiger charge is -2.10. The van der Waals surface area contributed by atoms with Gasteiger partial charge in [0.25, 0.3) is 0 Å². The molecule has 0 aliphatic carbocycles. The van der Waals surface area contributed by atoms with Gasteiger partial charge < -0.3 is 9.84 Å². The summed E-state index contributed by atoms with van der Waals surface area (Å²) in [4.78, 5) is 4.08. The molecule has 0 bridgehead atoms. The third-order valence-electron chi connectivity index (χ3n) is 2.65. The van der Waals surface area contributed by atoms with E-state index >= 15 is 0 Å². The Labute approximate surface area is 101 Å². The van der Waals surface area contributed by atoms with Gasteiger partial charge >= 0.3 is 0 Å². The highest BCUT2D eigenvalue weighted by Gasteiger charge is 2.05. The molecule has 0 unspecified atom stereocenters. The molecule has 0 aliphatic rings. The molecule has 1 aromatic heterocycles. The number of aliphatic hydroxyl groups excluding tert-OH is 1. The van der Waals surface area contributed by atoms with Crippen molar-refractivity contribution in [3.8, 4) is 5.75 Å². The third-order valence-corrected chi connectivity index (χ3v) is 2.65. The van der Waals surface area contributed by atoms with Crippen molar-refractivity contribution in [3.05, 3.63) is 59.4 Å². The van der Waals surface area contributed by atoms with Crippen LogP contribution in [0.25, 0.3) is 0 Å². The molecular formula is C14H15NO2. The summed E-state index contributed by atoms with van der Waals surface area (Å²) >= 11 is 0. The Morgan fingerprint density at radius 1 is 1.18 bits per heavy atom. The van der Waals surface area contributed by atoms with Gasteiger partial charge in [0.1, 0.15) is 12.4 Å². The molecular weight excluding hydrogens is 214 g/mol. The van der Waals surface area contributed by atoms with Gasteiger partial charge in [-0.25, -0.2) is 0 Å². The summed E-state index contributed by atoms with van der Waals surface area (Å²) in [6, 6.07) is 11.8. The second-order valence-corrected chi connectivity index (χ2v) is 3.81. The lowest BCUT2D eigenvalue weighted by atomic mass is 10.2. The van der Waals surface area contributed by atoms with E-state index in [9.17, 15) is 0 Å². The first-order valence-corrected chi connectivity index (χ1v) is 5.53. The molecule has 1 aromatic carbocycles. The molecule has 0 radical (unpaired) electrons. The second kappa shape index (κ2) is 5.46. The third kappa shape index (κ3) is 2.82. The molecule has 1 N–H and O–H groups in total. The van der Waals surface area contributed by atoms with Crippen LogP contribution in [0.2, 0.25) is 0 Å². The quantitative estimate of drug-likeness (QED) is 0.875. The minimum Gasteiger partial charge on any atom is -0.489 e. The van der Waals surface area contributed by atoms with Gasteiger partial charge in [-0.3, -0.25) is 4.98 Å². The van der Waals surface area contributed by atoms with E-state index in [1.807, 2.05) is 43.3 Å². The maximum Gasteiger partial charge on any atom is 0.126 e. The number of ether oxygens (including phenoxy) is 1. The number of benzene rings is 1. The molecule has 0 amide bonds. The van der Waals surface area contributed by atoms with Gasteiger partial charge in [0.2, 0.25) is 0 Å². The van der Waals surface area contributed by atoms with Crippen LogP contribution >= 0.6 is 0 Å². The highest BCUT2D eigenvalue weighted by molar-refractivity contribution is 5.34. The summed E-state index contributed by atoms with van der Waals surface area (Å²) in [6.07, 6.45) is 1.65. The molecule has 88 valence electrons. The van der Waals surface area contributed by atoms with Crippen molar-refractivity contribution in [2.45, 2.75) is 20.1 Å². The van der Waals surface area contributed by atoms with E-state index in [1.165, 1.54) is 0 Å². The Hall–Kier alpha value is -1.87. The maximum atomic E-state index is 9.11. The molecule has 0 aliphatic heterocycles. The van der Waals surface area contributed by atoms with Gasteiger partial charge in [-0.05, 0) is 18.6 Å². The van der Waals surface area contributed by atoms with E-state index in [0.717, 1.165) is 16.9 Å². The zero-order valence-electron chi connectivity index (χ0n) is 9.76. The highest BCUT2D eigenvalue weighted by Crippen LogP contribution is 2.20. The Kier molecular flexibility index (Phi) is 3.73. The molecule has 0 spiro atoms. The molecule has 0 saturated carbocycles. The predicted octanol–water partition coefficient (Wildman–Crippen LogP) is 2.46. The smallest absolute Gasteiger partial charge is 0.126 e. The van der Waals surface area contributed by atoms with Crippen molar-refractivity contribution in [2.24, 2.45) is 0 Å². The lowest BCUT2D eigenvalue weighted by Crippen LogP contribution is -2.00. The Bertz CT molecular complexity index is 483. The van der Waals surface area contributed by atoms with Gasteiger partial charge in [-0.1, -0.05) is 30.3 Å². The molecule has 2 rings (SSSR count). The van der Waals surface area contributed by atoms with Gasteiger partial charge in [-0.2, -0.15) is 0 Å². The van der Waals surface area contributed by atoms with Crippen LogP contribution in [0.3, 0.4) is 0 Å². The number of pyridine rings is 1. The predicted molar refractivity (Wildman–Crippen MR) is 65.7 cm³/mol. The summed E-state index contributed by atoms with van der Waals surface area (Å²) in [7, 11) is 0. The molecule has 0 atom stereocenters. The summed E-state index contributed by atoms with van der Waals surface area (Å²) in [5.41, 5.74) is 2.68.